The van der Waals surface area contributed by atoms with Crippen molar-refractivity contribution < 1.29 is 9.13 Å². The van der Waals surface area contributed by atoms with Gasteiger partial charge < -0.3 is 15.4 Å². The second kappa shape index (κ2) is 7.92. The summed E-state index contributed by atoms with van der Waals surface area (Å²) < 4.78 is 18.3. The number of nitrogens with one attached hydrogen (secondary N) is 2. The fraction of sp³-hybridized carbons (Fsp3) is 0.278. The monoisotopic (exact) mass is 332 g/mol. The molecule has 0 bridgehead atoms. The number of halogens is 1. The van der Waals surface area contributed by atoms with Crippen LogP contribution in [-0.4, -0.2) is 12.2 Å². The molecule has 1 atom stereocenters. The molecule has 0 amide bonds. The summed E-state index contributed by atoms with van der Waals surface area (Å²) in [5.41, 5.74) is 1.85. The Balaban J connectivity index is 2.07. The molecule has 2 N–H and O–H groups in total. The minimum Gasteiger partial charge on any atom is -0.497 e. The van der Waals surface area contributed by atoms with Crippen molar-refractivity contribution >= 4 is 23.0 Å². The van der Waals surface area contributed by atoms with Crippen molar-refractivity contribution in [2.75, 3.05) is 12.4 Å². The number of benzene rings is 2. The van der Waals surface area contributed by atoms with Crippen molar-refractivity contribution in [1.29, 1.82) is 0 Å². The topological polar surface area (TPSA) is 33.3 Å². The van der Waals surface area contributed by atoms with E-state index in [2.05, 4.69) is 24.5 Å². The number of methoxy groups -OCH3 is 1. The Morgan fingerprint density at radius 3 is 2.43 bits per heavy atom. The maximum absolute atomic E-state index is 13.1. The molecule has 23 heavy (non-hydrogen) atoms. The molecule has 0 unspecified atom stereocenters. The van der Waals surface area contributed by atoms with E-state index in [0.29, 0.717) is 11.0 Å². The summed E-state index contributed by atoms with van der Waals surface area (Å²) in [5, 5.41) is 6.96. The highest BCUT2D eigenvalue weighted by Gasteiger charge is 2.17. The third-order valence-electron chi connectivity index (χ3n) is 3.51. The molecule has 0 aliphatic carbocycles. The lowest BCUT2D eigenvalue weighted by Gasteiger charge is -2.25. The van der Waals surface area contributed by atoms with Crippen molar-refractivity contribution in [3.8, 4) is 5.75 Å². The van der Waals surface area contributed by atoms with Gasteiger partial charge in [-0.3, -0.25) is 0 Å². The summed E-state index contributed by atoms with van der Waals surface area (Å²) in [6.07, 6.45) is 0. The Morgan fingerprint density at radius 1 is 1.13 bits per heavy atom. The summed E-state index contributed by atoms with van der Waals surface area (Å²) in [4.78, 5) is 0. The zero-order chi connectivity index (χ0) is 16.8. The summed E-state index contributed by atoms with van der Waals surface area (Å²) in [5.74, 6) is 0.815. The molecule has 5 heteroatoms. The van der Waals surface area contributed by atoms with Gasteiger partial charge in [-0.1, -0.05) is 32.0 Å². The number of hydrogen-bond donors (Lipinski definition) is 2. The molecule has 2 rings (SSSR count). The minimum atomic E-state index is -0.242. The predicted octanol–water partition coefficient (Wildman–Crippen LogP) is 4.52. The van der Waals surface area contributed by atoms with E-state index in [1.807, 2.05) is 24.3 Å². The van der Waals surface area contributed by atoms with Crippen LogP contribution in [-0.2, 0) is 0 Å². The lowest BCUT2D eigenvalue weighted by Crippen LogP contribution is -2.34. The number of anilines is 1. The molecule has 0 spiro atoms. The van der Waals surface area contributed by atoms with E-state index < -0.39 is 0 Å². The summed E-state index contributed by atoms with van der Waals surface area (Å²) in [6.45, 7) is 4.18. The molecule has 0 heterocycles. The number of rotatable bonds is 5. The lowest BCUT2D eigenvalue weighted by atomic mass is 9.96. The zero-order valence-electron chi connectivity index (χ0n) is 13.5. The molecule has 0 fully saturated rings. The van der Waals surface area contributed by atoms with Crippen molar-refractivity contribution in [2.24, 2.45) is 5.92 Å². The highest BCUT2D eigenvalue weighted by molar-refractivity contribution is 7.80. The van der Waals surface area contributed by atoms with Gasteiger partial charge >= 0.3 is 0 Å². The molecule has 3 nitrogen and oxygen atoms in total. The molecule has 2 aromatic carbocycles. The van der Waals surface area contributed by atoms with Gasteiger partial charge in [0.1, 0.15) is 11.6 Å². The van der Waals surface area contributed by atoms with Crippen molar-refractivity contribution in [1.82, 2.24) is 5.32 Å². The first-order valence-corrected chi connectivity index (χ1v) is 7.87. The van der Waals surface area contributed by atoms with Gasteiger partial charge in [0.25, 0.3) is 0 Å². The normalized spacial score (nSPS) is 11.9. The van der Waals surface area contributed by atoms with E-state index in [1.165, 1.54) is 12.1 Å². The molecule has 0 aliphatic rings. The number of thiocarbonyl (C=S) groups is 1. The van der Waals surface area contributed by atoms with Gasteiger partial charge in [0.2, 0.25) is 0 Å². The first-order chi connectivity index (χ1) is 11.0. The minimum absolute atomic E-state index is 0.00112. The Bertz CT molecular complexity index is 658. The Labute approximate surface area is 141 Å². The molecule has 0 aromatic heterocycles. The fourth-order valence-corrected chi connectivity index (χ4v) is 2.56. The number of ether oxygens (including phenoxy) is 1. The van der Waals surface area contributed by atoms with E-state index >= 15 is 0 Å². The van der Waals surface area contributed by atoms with Crippen LogP contribution in [0.2, 0.25) is 0 Å². The highest BCUT2D eigenvalue weighted by atomic mass is 32.1. The van der Waals surface area contributed by atoms with E-state index in [9.17, 15) is 4.39 Å². The van der Waals surface area contributed by atoms with Crippen LogP contribution in [0.1, 0.15) is 25.5 Å². The lowest BCUT2D eigenvalue weighted by molar-refractivity contribution is 0.415. The van der Waals surface area contributed by atoms with Crippen molar-refractivity contribution in [3.63, 3.8) is 0 Å². The summed E-state index contributed by atoms with van der Waals surface area (Å²) in [7, 11) is 1.62. The predicted molar refractivity (Wildman–Crippen MR) is 96.3 cm³/mol. The van der Waals surface area contributed by atoms with Crippen LogP contribution in [0.4, 0.5) is 10.1 Å². The molecule has 0 aliphatic heterocycles. The Kier molecular flexibility index (Phi) is 5.93. The second-order valence-corrected chi connectivity index (χ2v) is 6.01. The van der Waals surface area contributed by atoms with Gasteiger partial charge in [0, 0.05) is 11.8 Å². The summed E-state index contributed by atoms with van der Waals surface area (Å²) in [6, 6.07) is 14.0. The van der Waals surface area contributed by atoms with Crippen LogP contribution < -0.4 is 15.4 Å². The van der Waals surface area contributed by atoms with Gasteiger partial charge in [-0.05, 0) is 48.0 Å². The van der Waals surface area contributed by atoms with Crippen molar-refractivity contribution in [3.05, 3.63) is 59.9 Å². The second-order valence-electron chi connectivity index (χ2n) is 5.60. The van der Waals surface area contributed by atoms with Crippen LogP contribution in [0.5, 0.6) is 5.75 Å². The van der Waals surface area contributed by atoms with Crippen molar-refractivity contribution in [2.45, 2.75) is 19.9 Å². The molecule has 0 saturated heterocycles. The fourth-order valence-electron chi connectivity index (χ4n) is 2.31. The van der Waals surface area contributed by atoms with Gasteiger partial charge in [0.15, 0.2) is 5.11 Å². The molecular formula is C18H21FN2OS. The maximum Gasteiger partial charge on any atom is 0.171 e. The van der Waals surface area contributed by atoms with Gasteiger partial charge in [-0.15, -0.1) is 0 Å². The van der Waals surface area contributed by atoms with Crippen LogP contribution in [0.25, 0.3) is 0 Å². The third kappa shape index (κ3) is 4.93. The van der Waals surface area contributed by atoms with Crippen LogP contribution in [0.3, 0.4) is 0 Å². The number of hydrogen-bond acceptors (Lipinski definition) is 2. The molecule has 122 valence electrons. The van der Waals surface area contributed by atoms with E-state index in [-0.39, 0.29) is 11.9 Å². The zero-order valence-corrected chi connectivity index (χ0v) is 14.3. The first kappa shape index (κ1) is 17.2. The van der Waals surface area contributed by atoms with Gasteiger partial charge in [-0.25, -0.2) is 4.39 Å². The molecule has 0 saturated carbocycles. The van der Waals surface area contributed by atoms with E-state index in [4.69, 9.17) is 17.0 Å². The average Bonchev–Trinajstić information content (AvgIpc) is 2.53. The average molecular weight is 332 g/mol. The Morgan fingerprint density at radius 2 is 1.83 bits per heavy atom. The van der Waals surface area contributed by atoms with Gasteiger partial charge in [0.05, 0.1) is 13.2 Å². The SMILES string of the molecule is COc1cccc(NC(=S)N[C@H](c2ccc(F)cc2)C(C)C)c1. The van der Waals surface area contributed by atoms with Crippen LogP contribution >= 0.6 is 12.2 Å². The molecular weight excluding hydrogens is 311 g/mol. The standard InChI is InChI=1S/C18H21FN2OS/c1-12(2)17(13-7-9-14(19)10-8-13)21-18(23)20-15-5-4-6-16(11-15)22-3/h4-12,17H,1-3H3,(H2,20,21,23)/t17-/m0/s1. The first-order valence-electron chi connectivity index (χ1n) is 7.46. The van der Waals surface area contributed by atoms with Crippen LogP contribution in [0.15, 0.2) is 48.5 Å². The molecule has 2 aromatic rings. The maximum atomic E-state index is 13.1. The third-order valence-corrected chi connectivity index (χ3v) is 3.73. The Hall–Kier alpha value is -2.14. The smallest absolute Gasteiger partial charge is 0.171 e. The summed E-state index contributed by atoms with van der Waals surface area (Å²) >= 11 is 5.40. The van der Waals surface area contributed by atoms with E-state index in [0.717, 1.165) is 17.0 Å². The molecule has 0 radical (unpaired) electrons. The largest absolute Gasteiger partial charge is 0.497 e. The van der Waals surface area contributed by atoms with Gasteiger partial charge in [-0.2, -0.15) is 0 Å². The van der Waals surface area contributed by atoms with Crippen LogP contribution in [0, 0.1) is 11.7 Å². The quantitative estimate of drug-likeness (QED) is 0.789. The highest BCUT2D eigenvalue weighted by Crippen LogP contribution is 2.22. The van der Waals surface area contributed by atoms with E-state index in [1.54, 1.807) is 19.2 Å².